The molecule has 0 saturated carbocycles. The van der Waals surface area contributed by atoms with Gasteiger partial charge in [-0.15, -0.1) is 4.99 Å². The fourth-order valence-corrected chi connectivity index (χ4v) is 4.46. The van der Waals surface area contributed by atoms with Gasteiger partial charge in [0.2, 0.25) is 6.19 Å². The van der Waals surface area contributed by atoms with Crippen LogP contribution in [0, 0.1) is 11.5 Å². The van der Waals surface area contributed by atoms with E-state index in [-0.39, 0.29) is 6.04 Å². The van der Waals surface area contributed by atoms with Gasteiger partial charge in [-0.2, -0.15) is 5.26 Å². The summed E-state index contributed by atoms with van der Waals surface area (Å²) in [7, 11) is 0. The lowest BCUT2D eigenvalue weighted by Crippen LogP contribution is -2.56. The van der Waals surface area contributed by atoms with Gasteiger partial charge in [-0.25, -0.2) is 0 Å². The van der Waals surface area contributed by atoms with Crippen molar-refractivity contribution >= 4 is 16.9 Å². The van der Waals surface area contributed by atoms with Crippen LogP contribution in [-0.4, -0.2) is 39.2 Å². The summed E-state index contributed by atoms with van der Waals surface area (Å²) in [6, 6.07) is 7.62. The van der Waals surface area contributed by atoms with E-state index in [0.717, 1.165) is 36.5 Å². The molecule has 2 aliphatic rings. The minimum atomic E-state index is -0.671. The molecule has 1 aromatic carbocycles. The highest BCUT2D eigenvalue weighted by Crippen LogP contribution is 2.47. The van der Waals surface area contributed by atoms with Crippen LogP contribution in [0.1, 0.15) is 38.3 Å². The molecule has 2 heterocycles. The third kappa shape index (κ3) is 2.58. The standard InChI is InChI=1S/C17H21N3O2S/c1-3-17(4-2)15(21)14(12-7-5-6-8-13(12)22-17)20-9-10-23-16(20)19-11-18/h5-8,14-15,21H,3-4,9-10H2,1-2H3. The fraction of sp³-hybridized carbons (Fsp3) is 0.529. The van der Waals surface area contributed by atoms with Gasteiger partial charge in [0, 0.05) is 17.9 Å². The van der Waals surface area contributed by atoms with Gasteiger partial charge in [0.1, 0.15) is 17.5 Å². The van der Waals surface area contributed by atoms with Gasteiger partial charge in [0.05, 0.1) is 6.04 Å². The van der Waals surface area contributed by atoms with Crippen LogP contribution in [0.5, 0.6) is 5.75 Å². The maximum Gasteiger partial charge on any atom is 0.208 e. The summed E-state index contributed by atoms with van der Waals surface area (Å²) in [5.41, 5.74) is 0.356. The largest absolute Gasteiger partial charge is 0.484 e. The number of hydrogen-bond acceptors (Lipinski definition) is 5. The summed E-state index contributed by atoms with van der Waals surface area (Å²) in [4.78, 5) is 6.00. The molecule has 1 fully saturated rings. The van der Waals surface area contributed by atoms with Gasteiger partial charge in [0.25, 0.3) is 0 Å². The molecule has 2 unspecified atom stereocenters. The molecule has 0 spiro atoms. The Kier molecular flexibility index (Phi) is 4.51. The number of fused-ring (bicyclic) bond motifs is 1. The number of rotatable bonds is 3. The van der Waals surface area contributed by atoms with E-state index >= 15 is 0 Å². The Balaban J connectivity index is 2.10. The number of aliphatic hydroxyl groups excluding tert-OH is 1. The molecule has 0 amide bonds. The summed E-state index contributed by atoms with van der Waals surface area (Å²) in [5.74, 6) is 1.69. The van der Waals surface area contributed by atoms with Gasteiger partial charge in [0.15, 0.2) is 5.17 Å². The average Bonchev–Trinajstić information content (AvgIpc) is 3.03. The molecular weight excluding hydrogens is 310 g/mol. The number of nitrogens with zero attached hydrogens (tertiary/aromatic N) is 3. The van der Waals surface area contributed by atoms with Gasteiger partial charge in [-0.05, 0) is 18.9 Å². The Morgan fingerprint density at radius 1 is 1.43 bits per heavy atom. The number of thioether (sulfide) groups is 1. The lowest BCUT2D eigenvalue weighted by atomic mass is 9.80. The maximum absolute atomic E-state index is 11.2. The summed E-state index contributed by atoms with van der Waals surface area (Å²) in [5, 5.41) is 20.8. The summed E-state index contributed by atoms with van der Waals surface area (Å²) in [6.45, 7) is 4.85. The zero-order chi connectivity index (χ0) is 16.4. The van der Waals surface area contributed by atoms with Crippen LogP contribution in [0.3, 0.4) is 0 Å². The first kappa shape index (κ1) is 16.2. The van der Waals surface area contributed by atoms with Crippen molar-refractivity contribution in [3.05, 3.63) is 29.8 Å². The Hall–Kier alpha value is -1.71. The molecule has 0 aliphatic carbocycles. The first-order chi connectivity index (χ1) is 11.2. The van der Waals surface area contributed by atoms with E-state index < -0.39 is 11.7 Å². The zero-order valence-corrected chi connectivity index (χ0v) is 14.2. The van der Waals surface area contributed by atoms with Crippen molar-refractivity contribution in [3.63, 3.8) is 0 Å². The molecule has 1 saturated heterocycles. The highest BCUT2D eigenvalue weighted by Gasteiger charge is 2.50. The zero-order valence-electron chi connectivity index (χ0n) is 13.4. The van der Waals surface area contributed by atoms with Crippen molar-refractivity contribution in [1.29, 1.82) is 5.26 Å². The molecule has 23 heavy (non-hydrogen) atoms. The molecule has 0 aromatic heterocycles. The Morgan fingerprint density at radius 2 is 2.17 bits per heavy atom. The first-order valence-corrected chi connectivity index (χ1v) is 8.97. The van der Waals surface area contributed by atoms with E-state index in [1.807, 2.05) is 44.3 Å². The van der Waals surface area contributed by atoms with E-state index in [9.17, 15) is 5.11 Å². The van der Waals surface area contributed by atoms with Crippen molar-refractivity contribution in [1.82, 2.24) is 4.90 Å². The number of ether oxygens (including phenoxy) is 1. The molecule has 0 radical (unpaired) electrons. The molecule has 3 rings (SSSR count). The highest BCUT2D eigenvalue weighted by molar-refractivity contribution is 8.14. The monoisotopic (exact) mass is 331 g/mol. The van der Waals surface area contributed by atoms with Crippen molar-refractivity contribution in [2.75, 3.05) is 12.3 Å². The second-order valence-electron chi connectivity index (χ2n) is 5.84. The maximum atomic E-state index is 11.2. The number of aliphatic imine (C=N–C) groups is 1. The van der Waals surface area contributed by atoms with E-state index in [0.29, 0.717) is 5.17 Å². The van der Waals surface area contributed by atoms with Gasteiger partial charge < -0.3 is 14.7 Å². The fourth-order valence-electron chi connectivity index (χ4n) is 3.52. The minimum absolute atomic E-state index is 0.234. The van der Waals surface area contributed by atoms with Crippen LogP contribution in [0.25, 0.3) is 0 Å². The van der Waals surface area contributed by atoms with Crippen LogP contribution in [0.15, 0.2) is 29.3 Å². The summed E-state index contributed by atoms with van der Waals surface area (Å²) < 4.78 is 6.23. The third-order valence-corrected chi connectivity index (χ3v) is 5.85. The van der Waals surface area contributed by atoms with E-state index in [1.165, 1.54) is 0 Å². The molecule has 2 atom stereocenters. The predicted molar refractivity (Wildman–Crippen MR) is 91.3 cm³/mol. The van der Waals surface area contributed by atoms with Crippen LogP contribution in [0.2, 0.25) is 0 Å². The van der Waals surface area contributed by atoms with E-state index in [2.05, 4.69) is 9.89 Å². The van der Waals surface area contributed by atoms with Crippen LogP contribution in [0.4, 0.5) is 0 Å². The molecule has 0 bridgehead atoms. The SMILES string of the molecule is CCC1(CC)Oc2ccccc2C(N2CCSC2=NC#N)C1O. The normalized spacial score (nSPS) is 27.4. The molecule has 6 heteroatoms. The van der Waals surface area contributed by atoms with Gasteiger partial charge in [-0.1, -0.05) is 43.8 Å². The number of benzene rings is 1. The molecule has 2 aliphatic heterocycles. The molecule has 1 aromatic rings. The van der Waals surface area contributed by atoms with Crippen molar-refractivity contribution < 1.29 is 9.84 Å². The summed E-state index contributed by atoms with van der Waals surface area (Å²) in [6.07, 6.45) is 2.65. The lowest BCUT2D eigenvalue weighted by Gasteiger charge is -2.48. The number of amidine groups is 1. The Morgan fingerprint density at radius 3 is 2.87 bits per heavy atom. The van der Waals surface area contributed by atoms with Crippen LogP contribution >= 0.6 is 11.8 Å². The minimum Gasteiger partial charge on any atom is -0.484 e. The Bertz CT molecular complexity index is 651. The first-order valence-electron chi connectivity index (χ1n) is 7.99. The number of hydrogen-bond donors (Lipinski definition) is 1. The lowest BCUT2D eigenvalue weighted by molar-refractivity contribution is -0.105. The van der Waals surface area contributed by atoms with Gasteiger partial charge >= 0.3 is 0 Å². The second-order valence-corrected chi connectivity index (χ2v) is 6.90. The quantitative estimate of drug-likeness (QED) is 0.863. The van der Waals surface area contributed by atoms with Crippen LogP contribution in [-0.2, 0) is 0 Å². The highest BCUT2D eigenvalue weighted by atomic mass is 32.2. The van der Waals surface area contributed by atoms with E-state index in [1.54, 1.807) is 11.8 Å². The number of aliphatic hydroxyl groups is 1. The smallest absolute Gasteiger partial charge is 0.208 e. The summed E-state index contributed by atoms with van der Waals surface area (Å²) >= 11 is 1.56. The molecule has 5 nitrogen and oxygen atoms in total. The number of para-hydroxylation sites is 1. The second kappa shape index (κ2) is 6.42. The Labute approximate surface area is 141 Å². The molecular formula is C17H21N3O2S. The molecule has 122 valence electrons. The van der Waals surface area contributed by atoms with Crippen molar-refractivity contribution in [3.8, 4) is 11.9 Å². The van der Waals surface area contributed by atoms with Crippen molar-refractivity contribution in [2.45, 2.75) is 44.4 Å². The van der Waals surface area contributed by atoms with Crippen LogP contribution < -0.4 is 4.74 Å². The van der Waals surface area contributed by atoms with E-state index in [4.69, 9.17) is 10.00 Å². The third-order valence-electron chi connectivity index (χ3n) is 4.88. The topological polar surface area (TPSA) is 68.8 Å². The predicted octanol–water partition coefficient (Wildman–Crippen LogP) is 2.93. The number of nitriles is 1. The van der Waals surface area contributed by atoms with Gasteiger partial charge in [-0.3, -0.25) is 0 Å². The molecule has 1 N–H and O–H groups in total. The average molecular weight is 331 g/mol. The van der Waals surface area contributed by atoms with Crippen molar-refractivity contribution in [2.24, 2.45) is 4.99 Å².